The Morgan fingerprint density at radius 3 is 1.63 bits per heavy atom. The van der Waals surface area contributed by atoms with Crippen LogP contribution in [0.25, 0.3) is 0 Å². The molecule has 3 aromatic rings. The number of carbonyl (C=O) groups is 4. The fourth-order valence-corrected chi connectivity index (χ4v) is 4.20. The van der Waals surface area contributed by atoms with Crippen molar-refractivity contribution in [2.45, 2.75) is 37.4 Å². The number of nitrogens with one attached hydrogen (secondary N) is 1. The number of hydrogen-bond donors (Lipinski definition) is 5. The monoisotopic (exact) mass is 521 g/mol. The number of carboxylic acid groups (broad SMARTS) is 3. The Morgan fingerprint density at radius 1 is 0.763 bits per heavy atom. The number of ether oxygens (including phenoxy) is 1. The first-order chi connectivity index (χ1) is 18.0. The smallest absolute Gasteiger partial charge is 0.336 e. The van der Waals surface area contributed by atoms with Crippen LogP contribution >= 0.6 is 0 Å². The molecule has 0 saturated heterocycles. The molecule has 5 N–H and O–H groups in total. The molecule has 0 bridgehead atoms. The molecule has 4 rings (SSSR count). The third-order valence-corrected chi connectivity index (χ3v) is 5.90. The van der Waals surface area contributed by atoms with Crippen molar-refractivity contribution in [3.05, 3.63) is 95.6 Å². The molecule has 0 saturated carbocycles. The van der Waals surface area contributed by atoms with Gasteiger partial charge in [0, 0.05) is 34.5 Å². The number of rotatable bonds is 8. The molecule has 198 valence electrons. The molecule has 0 aliphatic carbocycles. The molecule has 1 aliphatic heterocycles. The second-order valence-electron chi connectivity index (χ2n) is 8.57. The topological polar surface area (TPSA) is 170 Å². The minimum absolute atomic E-state index is 0.227. The van der Waals surface area contributed by atoms with Gasteiger partial charge in [-0.25, -0.2) is 4.79 Å². The Labute approximate surface area is 218 Å². The predicted molar refractivity (Wildman–Crippen MR) is 136 cm³/mol. The maximum atomic E-state index is 12.4. The summed E-state index contributed by atoms with van der Waals surface area (Å²) in [6.07, 6.45) is -1.96. The van der Waals surface area contributed by atoms with Crippen molar-refractivity contribution in [1.82, 2.24) is 0 Å². The molecule has 3 aromatic carbocycles. The summed E-state index contributed by atoms with van der Waals surface area (Å²) in [6, 6.07) is 26.0. The van der Waals surface area contributed by atoms with Crippen LogP contribution in [0.3, 0.4) is 0 Å². The lowest BCUT2D eigenvalue weighted by Gasteiger charge is -2.40. The summed E-state index contributed by atoms with van der Waals surface area (Å²) in [7, 11) is 0. The molecule has 0 unspecified atom stereocenters. The molecule has 1 aliphatic rings. The van der Waals surface area contributed by atoms with Crippen LogP contribution in [0.5, 0.6) is 0 Å². The van der Waals surface area contributed by atoms with Gasteiger partial charge in [0.05, 0.1) is 12.8 Å². The first-order valence-electron chi connectivity index (χ1n) is 11.7. The molecule has 0 amide bonds. The number of fused-ring (bicyclic) bond motifs is 2. The van der Waals surface area contributed by atoms with E-state index in [1.54, 1.807) is 0 Å². The zero-order chi connectivity index (χ0) is 27.9. The fourth-order valence-electron chi connectivity index (χ4n) is 4.20. The van der Waals surface area contributed by atoms with E-state index in [9.17, 15) is 19.2 Å². The minimum atomic E-state index is -2.74. The normalized spacial score (nSPS) is 12.9. The number of carbonyl (C=O) groups excluding carboxylic acids is 1. The molecule has 0 atom stereocenters. The van der Waals surface area contributed by atoms with Gasteiger partial charge in [0.15, 0.2) is 11.2 Å². The highest BCUT2D eigenvalue weighted by molar-refractivity contribution is 5.88. The second kappa shape index (κ2) is 11.6. The van der Waals surface area contributed by atoms with E-state index in [2.05, 4.69) is 5.32 Å². The number of benzene rings is 3. The van der Waals surface area contributed by atoms with Crippen molar-refractivity contribution in [2.24, 2.45) is 0 Å². The highest BCUT2D eigenvalue weighted by atomic mass is 16.6. The average molecular weight is 522 g/mol. The summed E-state index contributed by atoms with van der Waals surface area (Å²) in [5.41, 5.74) is 1.05. The quantitative estimate of drug-likeness (QED) is 0.275. The molecule has 1 heterocycles. The number of esters is 1. The van der Waals surface area contributed by atoms with E-state index in [4.69, 9.17) is 25.2 Å². The Hall–Kier alpha value is -4.70. The maximum Gasteiger partial charge on any atom is 0.336 e. The lowest BCUT2D eigenvalue weighted by Crippen LogP contribution is -2.42. The summed E-state index contributed by atoms with van der Waals surface area (Å²) < 4.78 is 6.19. The number of carboxylic acids is 3. The molecular formula is C28H27NO9. The van der Waals surface area contributed by atoms with E-state index in [0.29, 0.717) is 6.42 Å². The van der Waals surface area contributed by atoms with Gasteiger partial charge < -0.3 is 30.5 Å². The number of para-hydroxylation sites is 2. The van der Waals surface area contributed by atoms with Gasteiger partial charge in [0.1, 0.15) is 0 Å². The molecule has 0 fully saturated rings. The van der Waals surface area contributed by atoms with Gasteiger partial charge in [-0.15, -0.1) is 0 Å². The molecule has 0 radical (unpaired) electrons. The van der Waals surface area contributed by atoms with Gasteiger partial charge in [-0.3, -0.25) is 14.4 Å². The first kappa shape index (κ1) is 27.9. The molecule has 38 heavy (non-hydrogen) atoms. The summed E-state index contributed by atoms with van der Waals surface area (Å²) in [5.74, 6) is -5.25. The van der Waals surface area contributed by atoms with Gasteiger partial charge in [-0.1, -0.05) is 73.7 Å². The Balaban J connectivity index is 0.000000263. The largest absolute Gasteiger partial charge is 0.481 e. The number of aliphatic carboxylic acids is 3. The van der Waals surface area contributed by atoms with Crippen LogP contribution in [0, 0.1) is 0 Å². The van der Waals surface area contributed by atoms with E-state index in [0.717, 1.165) is 28.1 Å². The summed E-state index contributed by atoms with van der Waals surface area (Å²) >= 11 is 0. The average Bonchev–Trinajstić information content (AvgIpc) is 2.88. The predicted octanol–water partition coefficient (Wildman–Crippen LogP) is 3.74. The van der Waals surface area contributed by atoms with Gasteiger partial charge >= 0.3 is 23.9 Å². The molecule has 0 spiro atoms. The molecule has 0 aromatic heterocycles. The summed E-state index contributed by atoms with van der Waals surface area (Å²) in [6.45, 7) is 1.82. The number of hydrogen-bond acceptors (Lipinski definition) is 7. The third-order valence-electron chi connectivity index (χ3n) is 5.90. The van der Waals surface area contributed by atoms with Crippen LogP contribution in [-0.4, -0.2) is 49.9 Å². The van der Waals surface area contributed by atoms with Gasteiger partial charge in [0.2, 0.25) is 0 Å². The van der Waals surface area contributed by atoms with Crippen LogP contribution in [0.15, 0.2) is 78.9 Å². The third kappa shape index (κ3) is 5.81. The standard InChI is InChI=1S/C22H19NO2.C6H8O7/c1-2-21(24)25-22(16-10-4-3-5-11-16)17-12-6-8-14-19(17)23-20-15-9-7-13-18(20)22;7-3(8)1-6(13,5(11)12)2-4(9)10/h3-15,23H,2H2,1H3;13H,1-2H2,(H,7,8)(H,9,10)(H,11,12). The highest BCUT2D eigenvalue weighted by Crippen LogP contribution is 2.50. The van der Waals surface area contributed by atoms with Crippen molar-refractivity contribution < 1.29 is 44.3 Å². The van der Waals surface area contributed by atoms with Crippen molar-refractivity contribution >= 4 is 35.3 Å². The zero-order valence-corrected chi connectivity index (χ0v) is 20.5. The Morgan fingerprint density at radius 2 is 1.21 bits per heavy atom. The van der Waals surface area contributed by atoms with Crippen LogP contribution in [0.1, 0.15) is 42.9 Å². The summed E-state index contributed by atoms with van der Waals surface area (Å²) in [4.78, 5) is 42.9. The zero-order valence-electron chi connectivity index (χ0n) is 20.5. The Kier molecular flexibility index (Phi) is 8.49. The van der Waals surface area contributed by atoms with E-state index < -0.39 is 42.0 Å². The number of anilines is 2. The lowest BCUT2D eigenvalue weighted by atomic mass is 9.76. The Bertz CT molecular complexity index is 1280. The van der Waals surface area contributed by atoms with Crippen molar-refractivity contribution in [3.8, 4) is 0 Å². The first-order valence-corrected chi connectivity index (χ1v) is 11.7. The molecular weight excluding hydrogens is 494 g/mol. The van der Waals surface area contributed by atoms with E-state index in [1.165, 1.54) is 0 Å². The minimum Gasteiger partial charge on any atom is -0.481 e. The van der Waals surface area contributed by atoms with Crippen LogP contribution < -0.4 is 5.32 Å². The lowest BCUT2D eigenvalue weighted by molar-refractivity contribution is -0.170. The SMILES string of the molecule is CCC(=O)OC1(c2ccccc2)c2ccccc2Nc2ccccc21.O=C(O)CC(O)(CC(=O)O)C(=O)O. The van der Waals surface area contributed by atoms with Crippen molar-refractivity contribution in [2.75, 3.05) is 5.32 Å². The summed E-state index contributed by atoms with van der Waals surface area (Å²) in [5, 5.41) is 37.3. The van der Waals surface area contributed by atoms with E-state index in [1.807, 2.05) is 85.8 Å². The molecule has 10 heteroatoms. The van der Waals surface area contributed by atoms with E-state index in [-0.39, 0.29) is 5.97 Å². The van der Waals surface area contributed by atoms with Gasteiger partial charge in [0.25, 0.3) is 0 Å². The van der Waals surface area contributed by atoms with Crippen molar-refractivity contribution in [3.63, 3.8) is 0 Å². The van der Waals surface area contributed by atoms with Gasteiger partial charge in [-0.2, -0.15) is 0 Å². The van der Waals surface area contributed by atoms with Gasteiger partial charge in [-0.05, 0) is 12.1 Å². The number of aliphatic hydroxyl groups is 1. The second-order valence-corrected chi connectivity index (χ2v) is 8.57. The fraction of sp³-hybridized carbons (Fsp3) is 0.214. The molecule has 10 nitrogen and oxygen atoms in total. The van der Waals surface area contributed by atoms with Crippen molar-refractivity contribution in [1.29, 1.82) is 0 Å². The van der Waals surface area contributed by atoms with Crippen LogP contribution in [0.4, 0.5) is 11.4 Å². The maximum absolute atomic E-state index is 12.4. The van der Waals surface area contributed by atoms with E-state index >= 15 is 0 Å². The van der Waals surface area contributed by atoms with Crippen LogP contribution in [-0.2, 0) is 29.5 Å². The highest BCUT2D eigenvalue weighted by Gasteiger charge is 2.45. The van der Waals surface area contributed by atoms with Crippen LogP contribution in [0.2, 0.25) is 0 Å².